The maximum Gasteiger partial charge on any atom is 0.407 e. The number of hydrogen-bond acceptors (Lipinski definition) is 11. The summed E-state index contributed by atoms with van der Waals surface area (Å²) in [6.07, 6.45) is 0.702. The van der Waals surface area contributed by atoms with Gasteiger partial charge in [0.2, 0.25) is 10.0 Å². The third kappa shape index (κ3) is 6.90. The number of aryl methyl sites for hydroxylation is 2. The van der Waals surface area contributed by atoms with Crippen molar-refractivity contribution in [2.45, 2.75) is 51.2 Å². The first-order valence-electron chi connectivity index (χ1n) is 14.1. The number of carbonyl (C=O) groups excluding carboxylic acids is 3. The Kier molecular flexibility index (Phi) is 10.3. The van der Waals surface area contributed by atoms with E-state index in [1.807, 2.05) is 0 Å². The maximum absolute atomic E-state index is 14.2. The Morgan fingerprint density at radius 2 is 1.89 bits per heavy atom. The van der Waals surface area contributed by atoms with Gasteiger partial charge in [0.25, 0.3) is 5.56 Å². The summed E-state index contributed by atoms with van der Waals surface area (Å²) >= 11 is 0. The summed E-state index contributed by atoms with van der Waals surface area (Å²) in [5, 5.41) is 5.58. The number of hydrogen-bond donors (Lipinski definition) is 3. The summed E-state index contributed by atoms with van der Waals surface area (Å²) in [6.45, 7) is 5.20. The number of aromatic nitrogens is 2. The molecule has 0 radical (unpaired) electrons. The summed E-state index contributed by atoms with van der Waals surface area (Å²) in [4.78, 5) is 55.8. The van der Waals surface area contributed by atoms with Crippen molar-refractivity contribution in [2.75, 3.05) is 33.4 Å². The van der Waals surface area contributed by atoms with Gasteiger partial charge in [0.1, 0.15) is 17.5 Å². The molecular weight excluding hydrogens is 594 g/mol. The third-order valence-electron chi connectivity index (χ3n) is 7.12. The number of amides is 1. The zero-order valence-electron chi connectivity index (χ0n) is 24.9. The summed E-state index contributed by atoms with van der Waals surface area (Å²) in [5.74, 6) is -1.07. The third-order valence-corrected chi connectivity index (χ3v) is 8.58. The minimum Gasteiger partial charge on any atom is -0.463 e. The molecule has 44 heavy (non-hydrogen) atoms. The molecular formula is C29H35N5O9S. The van der Waals surface area contributed by atoms with Crippen LogP contribution in [0, 0.1) is 13.8 Å². The van der Waals surface area contributed by atoms with Crippen molar-refractivity contribution in [1.82, 2.24) is 24.9 Å². The van der Waals surface area contributed by atoms with Crippen molar-refractivity contribution in [3.8, 4) is 5.69 Å². The highest BCUT2D eigenvalue weighted by molar-refractivity contribution is 7.89. The van der Waals surface area contributed by atoms with E-state index in [9.17, 15) is 27.6 Å². The van der Waals surface area contributed by atoms with Crippen LogP contribution in [-0.4, -0.2) is 75.4 Å². The van der Waals surface area contributed by atoms with Crippen molar-refractivity contribution in [2.24, 2.45) is 0 Å². The van der Waals surface area contributed by atoms with E-state index >= 15 is 0 Å². The van der Waals surface area contributed by atoms with Gasteiger partial charge in [-0.1, -0.05) is 12.1 Å². The Bertz CT molecular complexity index is 1750. The van der Waals surface area contributed by atoms with Crippen molar-refractivity contribution in [1.29, 1.82) is 0 Å². The van der Waals surface area contributed by atoms with Gasteiger partial charge in [0.15, 0.2) is 12.4 Å². The van der Waals surface area contributed by atoms with E-state index in [-0.39, 0.29) is 58.7 Å². The molecule has 2 heterocycles. The molecule has 3 aromatic rings. The molecule has 0 spiro atoms. The molecule has 15 heteroatoms. The molecule has 1 unspecified atom stereocenters. The molecule has 1 aliphatic rings. The van der Waals surface area contributed by atoms with E-state index in [0.717, 1.165) is 17.5 Å². The van der Waals surface area contributed by atoms with Crippen LogP contribution in [0.25, 0.3) is 16.6 Å². The number of alkyl carbamates (subject to hydrolysis) is 1. The van der Waals surface area contributed by atoms with E-state index in [2.05, 4.69) is 20.3 Å². The quantitative estimate of drug-likeness (QED) is 0.159. The number of ether oxygens (including phenoxy) is 3. The number of nitrogens with one attached hydrogen (secondary N) is 3. The average Bonchev–Trinajstić information content (AvgIpc) is 3.53. The van der Waals surface area contributed by atoms with Gasteiger partial charge in [0, 0.05) is 0 Å². The summed E-state index contributed by atoms with van der Waals surface area (Å²) in [6, 6.07) is 6.99. The van der Waals surface area contributed by atoms with Crippen LogP contribution in [0.15, 0.2) is 40.0 Å². The SMILES string of the molecule is CCOC(=O)c1c(C)cc2nc(COC(=O)NCCOC(=O)C3CCCN3)n(-c3ccccc3S(=O)(=O)NC)c(=O)c2c1C. The largest absolute Gasteiger partial charge is 0.463 e. The predicted octanol–water partition coefficient (Wildman–Crippen LogP) is 1.61. The Morgan fingerprint density at radius 3 is 2.57 bits per heavy atom. The van der Waals surface area contributed by atoms with Gasteiger partial charge in [-0.05, 0) is 76.5 Å². The molecule has 2 aromatic carbocycles. The minimum absolute atomic E-state index is 0.0203. The number of benzene rings is 2. The first-order valence-corrected chi connectivity index (χ1v) is 15.5. The second-order valence-corrected chi connectivity index (χ2v) is 11.8. The van der Waals surface area contributed by atoms with Crippen LogP contribution < -0.4 is 20.9 Å². The molecule has 1 amide bonds. The normalized spacial score (nSPS) is 14.8. The van der Waals surface area contributed by atoms with Crippen molar-refractivity contribution in [3.05, 3.63) is 63.2 Å². The second kappa shape index (κ2) is 14.0. The van der Waals surface area contributed by atoms with Crippen LogP contribution in [0.1, 0.15) is 47.1 Å². The topological polar surface area (TPSA) is 184 Å². The molecule has 3 N–H and O–H groups in total. The lowest BCUT2D eigenvalue weighted by atomic mass is 9.98. The van der Waals surface area contributed by atoms with Crippen LogP contribution in [-0.2, 0) is 35.6 Å². The van der Waals surface area contributed by atoms with E-state index in [1.54, 1.807) is 32.9 Å². The Hall–Kier alpha value is -4.34. The molecule has 0 saturated carbocycles. The van der Waals surface area contributed by atoms with Crippen LogP contribution >= 0.6 is 0 Å². The lowest BCUT2D eigenvalue weighted by Gasteiger charge is -2.19. The van der Waals surface area contributed by atoms with Gasteiger partial charge in [-0.2, -0.15) is 0 Å². The van der Waals surface area contributed by atoms with Gasteiger partial charge in [-0.25, -0.2) is 27.7 Å². The van der Waals surface area contributed by atoms with E-state index in [4.69, 9.17) is 14.2 Å². The molecule has 236 valence electrons. The number of rotatable bonds is 11. The number of para-hydroxylation sites is 1. The minimum atomic E-state index is -4.05. The Balaban J connectivity index is 1.70. The van der Waals surface area contributed by atoms with Gasteiger partial charge in [0.05, 0.1) is 35.3 Å². The van der Waals surface area contributed by atoms with Crippen LogP contribution in [0.2, 0.25) is 0 Å². The van der Waals surface area contributed by atoms with Gasteiger partial charge in [-0.15, -0.1) is 0 Å². The van der Waals surface area contributed by atoms with Crippen molar-refractivity contribution in [3.63, 3.8) is 0 Å². The first-order chi connectivity index (χ1) is 21.0. The average molecular weight is 630 g/mol. The highest BCUT2D eigenvalue weighted by Crippen LogP contribution is 2.26. The van der Waals surface area contributed by atoms with E-state index < -0.39 is 40.2 Å². The summed E-state index contributed by atoms with van der Waals surface area (Å²) in [5.41, 5.74) is 0.534. The molecule has 1 saturated heterocycles. The molecule has 14 nitrogen and oxygen atoms in total. The van der Waals surface area contributed by atoms with Gasteiger partial charge >= 0.3 is 18.0 Å². The summed E-state index contributed by atoms with van der Waals surface area (Å²) < 4.78 is 44.8. The highest BCUT2D eigenvalue weighted by atomic mass is 32.2. The Morgan fingerprint density at radius 1 is 1.14 bits per heavy atom. The fourth-order valence-electron chi connectivity index (χ4n) is 5.05. The lowest BCUT2D eigenvalue weighted by Crippen LogP contribution is -2.35. The molecule has 1 fully saturated rings. The molecule has 1 atom stereocenters. The number of carbonyl (C=O) groups is 3. The number of sulfonamides is 1. The number of fused-ring (bicyclic) bond motifs is 1. The Labute approximate surface area is 254 Å². The smallest absolute Gasteiger partial charge is 0.407 e. The van der Waals surface area contributed by atoms with E-state index in [1.165, 1.54) is 25.2 Å². The molecule has 1 aliphatic heterocycles. The zero-order valence-corrected chi connectivity index (χ0v) is 25.7. The van der Waals surface area contributed by atoms with E-state index in [0.29, 0.717) is 17.5 Å². The number of nitrogens with zero attached hydrogens (tertiary/aromatic N) is 2. The van der Waals surface area contributed by atoms with Crippen LogP contribution in [0.3, 0.4) is 0 Å². The predicted molar refractivity (Wildman–Crippen MR) is 159 cm³/mol. The molecule has 4 rings (SSSR count). The van der Waals surface area contributed by atoms with Crippen molar-refractivity contribution < 1.29 is 37.0 Å². The van der Waals surface area contributed by atoms with Crippen LogP contribution in [0.5, 0.6) is 0 Å². The fourth-order valence-corrected chi connectivity index (χ4v) is 5.96. The molecule has 0 bridgehead atoms. The summed E-state index contributed by atoms with van der Waals surface area (Å²) in [7, 11) is -2.81. The van der Waals surface area contributed by atoms with Gasteiger partial charge in [-0.3, -0.25) is 14.2 Å². The van der Waals surface area contributed by atoms with Crippen LogP contribution in [0.4, 0.5) is 4.79 Å². The first kappa shape index (κ1) is 32.6. The standard InChI is InChI=1S/C29H35N5O9S/c1-5-41-28(37)24-17(2)15-20-25(18(24)3)26(35)34(21-10-6-7-11-22(21)44(39,40)30-4)23(33-20)16-43-29(38)32-13-14-42-27(36)19-9-8-12-31-19/h6-7,10-11,15,19,30-31H,5,8-9,12-14,16H2,1-4H3,(H,32,38). The fraction of sp³-hybridized carbons (Fsp3) is 0.414. The lowest BCUT2D eigenvalue weighted by molar-refractivity contribution is -0.145. The highest BCUT2D eigenvalue weighted by Gasteiger charge is 2.26. The van der Waals surface area contributed by atoms with Crippen molar-refractivity contribution >= 4 is 39.0 Å². The second-order valence-electron chi connectivity index (χ2n) is 9.97. The molecule has 0 aliphatic carbocycles. The maximum atomic E-state index is 14.2. The zero-order chi connectivity index (χ0) is 32.0. The number of esters is 2. The van der Waals surface area contributed by atoms with Gasteiger partial charge < -0.3 is 24.8 Å². The monoisotopic (exact) mass is 629 g/mol. The molecule has 1 aromatic heterocycles.